The number of carbonyl (C=O) groups excluding carboxylic acids is 1. The Morgan fingerprint density at radius 2 is 1.56 bits per heavy atom. The largest absolute Gasteiger partial charge is 0.508 e. The molecule has 7 nitrogen and oxygen atoms in total. The number of rotatable bonds is 4. The molecular formula is C18H11NO6S2. The fourth-order valence-corrected chi connectivity index (χ4v) is 3.70. The van der Waals surface area contributed by atoms with Gasteiger partial charge in [-0.1, -0.05) is 36.1 Å². The first-order valence-electron chi connectivity index (χ1n) is 7.45. The topological polar surface area (TPSA) is 115 Å². The van der Waals surface area contributed by atoms with Gasteiger partial charge in [-0.2, -0.15) is 0 Å². The number of thioether (sulfide) groups is 1. The standard InChI is InChI=1S/C18H11NO6S2/c20-13-3-1-9(2-4-13)5-14-15(21)19(18(26)27-14)12-7-10(16(22)23)6-11(8-12)17(24)25/h1-8,20H,(H,22,23)(H,24,25)/b14-5-. The van der Waals surface area contributed by atoms with E-state index in [-0.39, 0.29) is 26.9 Å². The second-order valence-electron chi connectivity index (χ2n) is 5.49. The van der Waals surface area contributed by atoms with Gasteiger partial charge in [0.05, 0.1) is 21.7 Å². The average Bonchev–Trinajstić information content (AvgIpc) is 2.90. The number of aromatic hydroxyl groups is 1. The zero-order valence-electron chi connectivity index (χ0n) is 13.4. The number of carbonyl (C=O) groups is 3. The zero-order chi connectivity index (χ0) is 19.7. The second-order valence-corrected chi connectivity index (χ2v) is 7.16. The molecule has 1 fully saturated rings. The summed E-state index contributed by atoms with van der Waals surface area (Å²) >= 11 is 6.24. The molecule has 1 aliphatic heterocycles. The summed E-state index contributed by atoms with van der Waals surface area (Å²) in [7, 11) is 0. The van der Waals surface area contributed by atoms with Gasteiger partial charge in [0.1, 0.15) is 5.75 Å². The van der Waals surface area contributed by atoms with E-state index in [0.717, 1.165) is 22.7 Å². The van der Waals surface area contributed by atoms with Crippen molar-refractivity contribution in [2.75, 3.05) is 4.90 Å². The van der Waals surface area contributed by atoms with Crippen LogP contribution in [0.3, 0.4) is 0 Å². The van der Waals surface area contributed by atoms with Crippen LogP contribution in [0.25, 0.3) is 6.08 Å². The highest BCUT2D eigenvalue weighted by molar-refractivity contribution is 8.27. The Balaban J connectivity index is 2.01. The first-order chi connectivity index (χ1) is 12.8. The van der Waals surface area contributed by atoms with Crippen molar-refractivity contribution in [3.05, 3.63) is 64.1 Å². The van der Waals surface area contributed by atoms with E-state index in [1.165, 1.54) is 24.3 Å². The molecule has 0 radical (unpaired) electrons. The van der Waals surface area contributed by atoms with Gasteiger partial charge in [0.15, 0.2) is 4.32 Å². The molecule has 0 atom stereocenters. The number of thiocarbonyl (C=S) groups is 1. The maximum absolute atomic E-state index is 12.8. The van der Waals surface area contributed by atoms with Gasteiger partial charge in [-0.05, 0) is 42.0 Å². The number of phenolic OH excluding ortho intramolecular Hbond substituents is 1. The Bertz CT molecular complexity index is 981. The quantitative estimate of drug-likeness (QED) is 0.528. The predicted octanol–water partition coefficient (Wildman–Crippen LogP) is 3.19. The molecule has 0 aliphatic carbocycles. The van der Waals surface area contributed by atoms with Crippen LogP contribution in [-0.2, 0) is 4.79 Å². The van der Waals surface area contributed by atoms with E-state index < -0.39 is 17.8 Å². The van der Waals surface area contributed by atoms with E-state index >= 15 is 0 Å². The third kappa shape index (κ3) is 3.83. The highest BCUT2D eigenvalue weighted by atomic mass is 32.2. The van der Waals surface area contributed by atoms with E-state index in [9.17, 15) is 29.7 Å². The Hall–Kier alpha value is -3.17. The van der Waals surface area contributed by atoms with Crippen molar-refractivity contribution in [2.45, 2.75) is 0 Å². The molecule has 0 aromatic heterocycles. The molecule has 1 aliphatic rings. The lowest BCUT2D eigenvalue weighted by Crippen LogP contribution is -2.28. The summed E-state index contributed by atoms with van der Waals surface area (Å²) in [6, 6.07) is 9.60. The highest BCUT2D eigenvalue weighted by Gasteiger charge is 2.34. The number of benzene rings is 2. The number of amides is 1. The van der Waals surface area contributed by atoms with Gasteiger partial charge in [0.25, 0.3) is 5.91 Å². The van der Waals surface area contributed by atoms with Gasteiger partial charge in [0, 0.05) is 0 Å². The maximum atomic E-state index is 12.8. The lowest BCUT2D eigenvalue weighted by molar-refractivity contribution is -0.113. The van der Waals surface area contributed by atoms with Crippen molar-refractivity contribution in [3.8, 4) is 5.75 Å². The van der Waals surface area contributed by atoms with Gasteiger partial charge < -0.3 is 15.3 Å². The fraction of sp³-hybridized carbons (Fsp3) is 0. The van der Waals surface area contributed by atoms with Gasteiger partial charge in [-0.15, -0.1) is 0 Å². The van der Waals surface area contributed by atoms with Gasteiger partial charge in [-0.3, -0.25) is 9.69 Å². The van der Waals surface area contributed by atoms with Gasteiger partial charge >= 0.3 is 11.9 Å². The normalized spacial score (nSPS) is 15.4. The van der Waals surface area contributed by atoms with Crippen molar-refractivity contribution >= 4 is 57.9 Å². The average molecular weight is 401 g/mol. The minimum Gasteiger partial charge on any atom is -0.508 e. The molecule has 0 saturated carbocycles. The van der Waals surface area contributed by atoms with Crippen LogP contribution in [0, 0.1) is 0 Å². The number of carboxylic acids is 2. The first-order valence-corrected chi connectivity index (χ1v) is 8.67. The summed E-state index contributed by atoms with van der Waals surface area (Å²) in [6.07, 6.45) is 1.58. The van der Waals surface area contributed by atoms with E-state index in [4.69, 9.17) is 12.2 Å². The lowest BCUT2D eigenvalue weighted by atomic mass is 10.1. The smallest absolute Gasteiger partial charge is 0.335 e. The summed E-state index contributed by atoms with van der Waals surface area (Å²) in [4.78, 5) is 36.7. The molecule has 1 saturated heterocycles. The third-order valence-electron chi connectivity index (χ3n) is 3.65. The lowest BCUT2D eigenvalue weighted by Gasteiger charge is -2.16. The van der Waals surface area contributed by atoms with Crippen molar-refractivity contribution in [1.29, 1.82) is 0 Å². The molecule has 136 valence electrons. The number of carboxylic acid groups (broad SMARTS) is 2. The molecule has 1 amide bonds. The summed E-state index contributed by atoms with van der Waals surface area (Å²) in [5.74, 6) is -3.03. The van der Waals surface area contributed by atoms with Crippen LogP contribution in [0.15, 0.2) is 47.4 Å². The molecule has 9 heteroatoms. The van der Waals surface area contributed by atoms with Crippen LogP contribution >= 0.6 is 24.0 Å². The number of hydrogen-bond acceptors (Lipinski definition) is 6. The van der Waals surface area contributed by atoms with Crippen LogP contribution in [0.4, 0.5) is 5.69 Å². The van der Waals surface area contributed by atoms with E-state index in [1.807, 2.05) is 0 Å². The predicted molar refractivity (Wildman–Crippen MR) is 104 cm³/mol. The SMILES string of the molecule is O=C(O)c1cc(C(=O)O)cc(N2C(=O)/C(=C/c3ccc(O)cc3)SC2=S)c1. The summed E-state index contributed by atoms with van der Waals surface area (Å²) in [6.45, 7) is 0. The van der Waals surface area contributed by atoms with Crippen LogP contribution in [-0.4, -0.2) is 37.5 Å². The maximum Gasteiger partial charge on any atom is 0.335 e. The van der Waals surface area contributed by atoms with Crippen molar-refractivity contribution in [3.63, 3.8) is 0 Å². The number of hydrogen-bond donors (Lipinski definition) is 3. The summed E-state index contributed by atoms with van der Waals surface area (Å²) in [5.41, 5.74) is 0.214. The molecule has 27 heavy (non-hydrogen) atoms. The Morgan fingerprint density at radius 3 is 2.07 bits per heavy atom. The molecule has 0 bridgehead atoms. The van der Waals surface area contributed by atoms with Gasteiger partial charge in [0.2, 0.25) is 0 Å². The van der Waals surface area contributed by atoms with Crippen LogP contribution in [0.5, 0.6) is 5.75 Å². The molecule has 0 spiro atoms. The molecule has 3 N–H and O–H groups in total. The number of nitrogens with zero attached hydrogens (tertiary/aromatic N) is 1. The first kappa shape index (κ1) is 18.6. The zero-order valence-corrected chi connectivity index (χ0v) is 15.1. The second kappa shape index (κ2) is 7.22. The van der Waals surface area contributed by atoms with Crippen molar-refractivity contribution in [1.82, 2.24) is 0 Å². The van der Waals surface area contributed by atoms with Crippen LogP contribution in [0.2, 0.25) is 0 Å². The van der Waals surface area contributed by atoms with E-state index in [2.05, 4.69) is 0 Å². The Kier molecular flexibility index (Phi) is 4.98. The van der Waals surface area contributed by atoms with Crippen LogP contribution in [0.1, 0.15) is 26.3 Å². The molecule has 0 unspecified atom stereocenters. The van der Waals surface area contributed by atoms with Crippen molar-refractivity contribution in [2.24, 2.45) is 0 Å². The summed E-state index contributed by atoms with van der Waals surface area (Å²) in [5, 5.41) is 27.7. The van der Waals surface area contributed by atoms with E-state index in [0.29, 0.717) is 10.5 Å². The Labute approximate surface area is 162 Å². The molecule has 3 rings (SSSR count). The minimum absolute atomic E-state index is 0.0731. The van der Waals surface area contributed by atoms with Crippen molar-refractivity contribution < 1.29 is 29.7 Å². The number of anilines is 1. The minimum atomic E-state index is -1.32. The highest BCUT2D eigenvalue weighted by Crippen LogP contribution is 2.36. The fourth-order valence-electron chi connectivity index (χ4n) is 2.40. The number of phenols is 1. The Morgan fingerprint density at radius 1 is 1.00 bits per heavy atom. The third-order valence-corrected chi connectivity index (χ3v) is 4.96. The number of aromatic carboxylic acids is 2. The molecule has 2 aromatic rings. The molecule has 1 heterocycles. The summed E-state index contributed by atoms with van der Waals surface area (Å²) < 4.78 is 0.156. The monoisotopic (exact) mass is 401 g/mol. The van der Waals surface area contributed by atoms with Crippen LogP contribution < -0.4 is 4.90 Å². The van der Waals surface area contributed by atoms with E-state index in [1.54, 1.807) is 18.2 Å². The molecule has 2 aromatic carbocycles. The molecular weight excluding hydrogens is 390 g/mol. The van der Waals surface area contributed by atoms with Gasteiger partial charge in [-0.25, -0.2) is 9.59 Å².